The van der Waals surface area contributed by atoms with Crippen LogP contribution in [0.5, 0.6) is 0 Å². The van der Waals surface area contributed by atoms with Crippen molar-refractivity contribution in [2.45, 2.75) is 51.0 Å². The molecule has 1 N–H and O–H groups in total. The summed E-state index contributed by atoms with van der Waals surface area (Å²) in [5, 5.41) is 9.31. The van der Waals surface area contributed by atoms with Crippen LogP contribution in [0.4, 0.5) is 5.69 Å². The molecule has 1 aliphatic heterocycles. The molecule has 2 fully saturated rings. The van der Waals surface area contributed by atoms with Crippen LogP contribution in [0, 0.1) is 5.92 Å². The van der Waals surface area contributed by atoms with Gasteiger partial charge in [0.15, 0.2) is 0 Å². The first-order valence-corrected chi connectivity index (χ1v) is 9.02. The smallest absolute Gasteiger partial charge is 0.0901 e. The highest BCUT2D eigenvalue weighted by Crippen LogP contribution is 2.47. The molecule has 0 amide bonds. The van der Waals surface area contributed by atoms with Crippen LogP contribution in [0.3, 0.4) is 0 Å². The number of para-hydroxylation sites is 1. The largest absolute Gasteiger partial charge is 0.385 e. The second-order valence-electron chi connectivity index (χ2n) is 7.31. The number of piperidine rings is 1. The third-order valence-electron chi connectivity index (χ3n) is 5.12. The van der Waals surface area contributed by atoms with E-state index in [1.54, 1.807) is 0 Å². The molecule has 1 saturated heterocycles. The van der Waals surface area contributed by atoms with Gasteiger partial charge in [-0.1, -0.05) is 56.4 Å². The fraction of sp³-hybridized carbons (Fsp3) is 0.524. The third kappa shape index (κ3) is 3.87. The number of hydrogen-bond donors (Lipinski definition) is 1. The van der Waals surface area contributed by atoms with E-state index in [2.05, 4.69) is 49.1 Å². The van der Waals surface area contributed by atoms with E-state index in [1.165, 1.54) is 43.6 Å². The van der Waals surface area contributed by atoms with Crippen molar-refractivity contribution in [3.05, 3.63) is 54.1 Å². The summed E-state index contributed by atoms with van der Waals surface area (Å²) < 4.78 is 0. The zero-order valence-corrected chi connectivity index (χ0v) is 14.4. The molecule has 0 radical (unpaired) electrons. The highest BCUT2D eigenvalue weighted by molar-refractivity contribution is 5.55. The molecule has 23 heavy (non-hydrogen) atoms. The van der Waals surface area contributed by atoms with E-state index in [9.17, 15) is 5.11 Å². The second-order valence-corrected chi connectivity index (χ2v) is 7.31. The van der Waals surface area contributed by atoms with Crippen molar-refractivity contribution in [1.82, 2.24) is 0 Å². The fourth-order valence-electron chi connectivity index (χ4n) is 3.54. The van der Waals surface area contributed by atoms with Gasteiger partial charge in [0.1, 0.15) is 0 Å². The summed E-state index contributed by atoms with van der Waals surface area (Å²) >= 11 is 0. The Balaban J connectivity index is 0.000000162. The Labute approximate surface area is 140 Å². The van der Waals surface area contributed by atoms with Crippen molar-refractivity contribution in [1.29, 1.82) is 0 Å². The molecule has 0 bridgehead atoms. The minimum atomic E-state index is -0.422. The third-order valence-corrected chi connectivity index (χ3v) is 5.12. The Morgan fingerprint density at radius 1 is 1.09 bits per heavy atom. The molecule has 1 aromatic rings. The van der Waals surface area contributed by atoms with Crippen LogP contribution in [0.25, 0.3) is 0 Å². The molecule has 2 unspecified atom stereocenters. The normalized spacial score (nSPS) is 28.2. The summed E-state index contributed by atoms with van der Waals surface area (Å²) in [5.41, 5.74) is 2.54. The number of nitrogens with zero attached hydrogens (tertiary/aromatic N) is 1. The van der Waals surface area contributed by atoms with Crippen LogP contribution in [-0.4, -0.2) is 23.8 Å². The molecule has 1 heterocycles. The van der Waals surface area contributed by atoms with Gasteiger partial charge in [-0.3, -0.25) is 0 Å². The molecule has 1 aromatic carbocycles. The van der Waals surface area contributed by atoms with Crippen molar-refractivity contribution in [2.75, 3.05) is 18.0 Å². The molecule has 1 saturated carbocycles. The standard InChI is InChI=1S/C14H21N.C7H8O/c1-12(2)13-8-4-5-9-14(13)15-10-6-3-7-11-15;8-7-4-2-1-3-6(7)5-7/h4-5,8-9,12H,3,6-7,10-11H2,1-2H3;1-4,6,8H,5H2. The minimum absolute atomic E-state index is 0.422. The van der Waals surface area contributed by atoms with Gasteiger partial charge >= 0.3 is 0 Å². The number of fused-ring (bicyclic) bond motifs is 1. The number of hydrogen-bond acceptors (Lipinski definition) is 2. The molecular formula is C21H29NO. The lowest BCUT2D eigenvalue weighted by molar-refractivity contribution is 0.189. The molecule has 2 aliphatic carbocycles. The monoisotopic (exact) mass is 311 g/mol. The van der Waals surface area contributed by atoms with Gasteiger partial charge in [-0.05, 0) is 43.2 Å². The van der Waals surface area contributed by atoms with Gasteiger partial charge in [-0.15, -0.1) is 0 Å². The number of aliphatic hydroxyl groups is 1. The van der Waals surface area contributed by atoms with E-state index >= 15 is 0 Å². The van der Waals surface area contributed by atoms with E-state index in [4.69, 9.17) is 0 Å². The SMILES string of the molecule is CC(C)c1ccccc1N1CCCCC1.OC12C=CC=CC1C2. The lowest BCUT2D eigenvalue weighted by Gasteiger charge is -2.31. The number of rotatable bonds is 2. The Morgan fingerprint density at radius 3 is 2.43 bits per heavy atom. The van der Waals surface area contributed by atoms with Crippen LogP contribution in [-0.2, 0) is 0 Å². The zero-order valence-electron chi connectivity index (χ0n) is 14.4. The van der Waals surface area contributed by atoms with Crippen molar-refractivity contribution < 1.29 is 5.11 Å². The highest BCUT2D eigenvalue weighted by atomic mass is 16.3. The Morgan fingerprint density at radius 2 is 1.83 bits per heavy atom. The molecule has 3 aliphatic rings. The molecule has 0 spiro atoms. The molecule has 4 rings (SSSR count). The minimum Gasteiger partial charge on any atom is -0.385 e. The van der Waals surface area contributed by atoms with Crippen molar-refractivity contribution in [2.24, 2.45) is 5.92 Å². The van der Waals surface area contributed by atoms with Crippen LogP contribution in [0.2, 0.25) is 0 Å². The van der Waals surface area contributed by atoms with Gasteiger partial charge < -0.3 is 10.0 Å². The van der Waals surface area contributed by atoms with E-state index < -0.39 is 5.60 Å². The Kier molecular flexibility index (Phi) is 4.91. The topological polar surface area (TPSA) is 23.5 Å². The van der Waals surface area contributed by atoms with Gasteiger partial charge in [0.05, 0.1) is 5.60 Å². The summed E-state index contributed by atoms with van der Waals surface area (Å²) in [6, 6.07) is 8.87. The average molecular weight is 311 g/mol. The molecular weight excluding hydrogens is 282 g/mol. The summed E-state index contributed by atoms with van der Waals surface area (Å²) in [5.74, 6) is 1.07. The van der Waals surface area contributed by atoms with E-state index in [0.717, 1.165) is 6.42 Å². The Hall–Kier alpha value is -1.54. The molecule has 2 heteroatoms. The predicted octanol–water partition coefficient (Wildman–Crippen LogP) is 4.66. The van der Waals surface area contributed by atoms with Gasteiger partial charge in [-0.2, -0.15) is 0 Å². The summed E-state index contributed by atoms with van der Waals surface area (Å²) in [6.07, 6.45) is 12.9. The van der Waals surface area contributed by atoms with Crippen LogP contribution in [0.1, 0.15) is 51.0 Å². The lowest BCUT2D eigenvalue weighted by Crippen LogP contribution is -2.30. The van der Waals surface area contributed by atoms with Gasteiger partial charge in [0.2, 0.25) is 0 Å². The van der Waals surface area contributed by atoms with Gasteiger partial charge in [0, 0.05) is 24.7 Å². The molecule has 2 nitrogen and oxygen atoms in total. The lowest BCUT2D eigenvalue weighted by atomic mass is 9.99. The molecule has 2 atom stereocenters. The number of anilines is 1. The van der Waals surface area contributed by atoms with Crippen molar-refractivity contribution >= 4 is 5.69 Å². The number of allylic oxidation sites excluding steroid dienone is 2. The molecule has 0 aromatic heterocycles. The van der Waals surface area contributed by atoms with E-state index in [1.807, 2.05) is 18.2 Å². The summed E-state index contributed by atoms with van der Waals surface area (Å²) in [6.45, 7) is 7.04. The predicted molar refractivity (Wildman–Crippen MR) is 97.9 cm³/mol. The maximum Gasteiger partial charge on any atom is 0.0901 e. The van der Waals surface area contributed by atoms with Gasteiger partial charge in [0.25, 0.3) is 0 Å². The first-order valence-electron chi connectivity index (χ1n) is 9.02. The van der Waals surface area contributed by atoms with Crippen molar-refractivity contribution in [3.63, 3.8) is 0 Å². The summed E-state index contributed by atoms with van der Waals surface area (Å²) in [4.78, 5) is 2.55. The first-order chi connectivity index (χ1) is 11.1. The van der Waals surface area contributed by atoms with Crippen LogP contribution >= 0.6 is 0 Å². The Bertz CT molecular complexity index is 583. The molecule has 124 valence electrons. The zero-order chi connectivity index (χ0) is 16.3. The number of benzene rings is 1. The fourth-order valence-corrected chi connectivity index (χ4v) is 3.54. The maximum absolute atomic E-state index is 9.31. The average Bonchev–Trinajstić information content (AvgIpc) is 3.28. The summed E-state index contributed by atoms with van der Waals surface area (Å²) in [7, 11) is 0. The van der Waals surface area contributed by atoms with Crippen LogP contribution in [0.15, 0.2) is 48.6 Å². The maximum atomic E-state index is 9.31. The van der Waals surface area contributed by atoms with Crippen LogP contribution < -0.4 is 4.90 Å². The van der Waals surface area contributed by atoms with Crippen molar-refractivity contribution in [3.8, 4) is 0 Å². The quantitative estimate of drug-likeness (QED) is 0.858. The van der Waals surface area contributed by atoms with Gasteiger partial charge in [-0.25, -0.2) is 0 Å². The van der Waals surface area contributed by atoms with E-state index in [0.29, 0.717) is 11.8 Å². The van der Waals surface area contributed by atoms with E-state index in [-0.39, 0.29) is 0 Å². The first kappa shape index (κ1) is 16.3. The second kappa shape index (κ2) is 6.92. The highest BCUT2D eigenvalue weighted by Gasteiger charge is 2.49.